The molecule has 2 aromatic rings. The Labute approximate surface area is 94.5 Å². The standard InChI is InChI=1S/C13H13N3/c14-13-3-1-2-10-8-16(9-12(10)13)11-4-6-15-7-5-11/h1-7H,8-9,14H2. The molecule has 0 saturated carbocycles. The van der Waals surface area contributed by atoms with Crippen molar-refractivity contribution in [1.82, 2.24) is 4.98 Å². The van der Waals surface area contributed by atoms with Gasteiger partial charge in [0.25, 0.3) is 0 Å². The van der Waals surface area contributed by atoms with Gasteiger partial charge in [-0.3, -0.25) is 4.98 Å². The number of nitrogen functional groups attached to an aromatic ring is 1. The van der Waals surface area contributed by atoms with E-state index in [4.69, 9.17) is 5.73 Å². The summed E-state index contributed by atoms with van der Waals surface area (Å²) in [5.74, 6) is 0. The molecular weight excluding hydrogens is 198 g/mol. The van der Waals surface area contributed by atoms with Crippen molar-refractivity contribution < 1.29 is 0 Å². The van der Waals surface area contributed by atoms with E-state index in [9.17, 15) is 0 Å². The molecule has 1 aliphatic heterocycles. The Hall–Kier alpha value is -2.03. The number of nitrogens with zero attached hydrogens (tertiary/aromatic N) is 2. The zero-order valence-electron chi connectivity index (χ0n) is 8.93. The molecule has 0 radical (unpaired) electrons. The minimum atomic E-state index is 0.895. The maximum Gasteiger partial charge on any atom is 0.0457 e. The second-order valence-electron chi connectivity index (χ2n) is 4.05. The lowest BCUT2D eigenvalue weighted by atomic mass is 10.1. The highest BCUT2D eigenvalue weighted by atomic mass is 15.1. The van der Waals surface area contributed by atoms with Crippen LogP contribution >= 0.6 is 0 Å². The van der Waals surface area contributed by atoms with E-state index in [1.54, 1.807) is 0 Å². The van der Waals surface area contributed by atoms with E-state index in [2.05, 4.69) is 16.0 Å². The summed E-state index contributed by atoms with van der Waals surface area (Å²) in [7, 11) is 0. The predicted molar refractivity (Wildman–Crippen MR) is 65.0 cm³/mol. The van der Waals surface area contributed by atoms with Crippen LogP contribution < -0.4 is 10.6 Å². The van der Waals surface area contributed by atoms with Crippen LogP contribution in [0.15, 0.2) is 42.7 Å². The number of hydrogen-bond acceptors (Lipinski definition) is 3. The van der Waals surface area contributed by atoms with Crippen LogP contribution in [0.25, 0.3) is 0 Å². The van der Waals surface area contributed by atoms with Gasteiger partial charge in [0.05, 0.1) is 0 Å². The van der Waals surface area contributed by atoms with Crippen LogP contribution in [0.3, 0.4) is 0 Å². The molecule has 16 heavy (non-hydrogen) atoms. The Morgan fingerprint density at radius 1 is 1.06 bits per heavy atom. The van der Waals surface area contributed by atoms with Gasteiger partial charge in [0.15, 0.2) is 0 Å². The molecular formula is C13H13N3. The Bertz CT molecular complexity index is 508. The number of hydrogen-bond donors (Lipinski definition) is 1. The SMILES string of the molecule is Nc1cccc2c1CN(c1ccncc1)C2. The summed E-state index contributed by atoms with van der Waals surface area (Å²) in [5.41, 5.74) is 10.7. The van der Waals surface area contributed by atoms with Crippen molar-refractivity contribution >= 4 is 11.4 Å². The average Bonchev–Trinajstić information content (AvgIpc) is 2.76. The third-order valence-corrected chi connectivity index (χ3v) is 3.05. The zero-order valence-corrected chi connectivity index (χ0v) is 8.93. The first-order valence-corrected chi connectivity index (χ1v) is 5.36. The first-order chi connectivity index (χ1) is 7.84. The van der Waals surface area contributed by atoms with Crippen LogP contribution in [-0.4, -0.2) is 4.98 Å². The van der Waals surface area contributed by atoms with Gasteiger partial charge in [0, 0.05) is 36.9 Å². The second-order valence-corrected chi connectivity index (χ2v) is 4.05. The van der Waals surface area contributed by atoms with Crippen molar-refractivity contribution in [2.24, 2.45) is 0 Å². The minimum absolute atomic E-state index is 0.895. The van der Waals surface area contributed by atoms with E-state index in [0.717, 1.165) is 18.8 Å². The molecule has 2 N–H and O–H groups in total. The van der Waals surface area contributed by atoms with E-state index in [-0.39, 0.29) is 0 Å². The van der Waals surface area contributed by atoms with Gasteiger partial charge >= 0.3 is 0 Å². The van der Waals surface area contributed by atoms with Crippen LogP contribution in [0.1, 0.15) is 11.1 Å². The van der Waals surface area contributed by atoms with Crippen LogP contribution in [0.4, 0.5) is 11.4 Å². The number of pyridine rings is 1. The van der Waals surface area contributed by atoms with Crippen molar-refractivity contribution in [2.45, 2.75) is 13.1 Å². The molecule has 1 aromatic carbocycles. The van der Waals surface area contributed by atoms with Gasteiger partial charge < -0.3 is 10.6 Å². The molecule has 0 bridgehead atoms. The van der Waals surface area contributed by atoms with E-state index >= 15 is 0 Å². The van der Waals surface area contributed by atoms with Crippen molar-refractivity contribution in [3.63, 3.8) is 0 Å². The number of benzene rings is 1. The summed E-state index contributed by atoms with van der Waals surface area (Å²) in [5, 5.41) is 0. The molecule has 0 fully saturated rings. The minimum Gasteiger partial charge on any atom is -0.398 e. The van der Waals surface area contributed by atoms with Crippen LogP contribution in [0.5, 0.6) is 0 Å². The van der Waals surface area contributed by atoms with Crippen molar-refractivity contribution in [1.29, 1.82) is 0 Å². The maximum absolute atomic E-state index is 5.97. The third-order valence-electron chi connectivity index (χ3n) is 3.05. The molecule has 0 amide bonds. The van der Waals surface area contributed by atoms with E-state index in [0.29, 0.717) is 0 Å². The van der Waals surface area contributed by atoms with Gasteiger partial charge in [-0.25, -0.2) is 0 Å². The Morgan fingerprint density at radius 3 is 2.62 bits per heavy atom. The van der Waals surface area contributed by atoms with Crippen LogP contribution in [0.2, 0.25) is 0 Å². The quantitative estimate of drug-likeness (QED) is 0.735. The fraction of sp³-hybridized carbons (Fsp3) is 0.154. The van der Waals surface area contributed by atoms with Gasteiger partial charge in [-0.2, -0.15) is 0 Å². The molecule has 1 aliphatic rings. The maximum atomic E-state index is 5.97. The first-order valence-electron chi connectivity index (χ1n) is 5.36. The molecule has 80 valence electrons. The summed E-state index contributed by atoms with van der Waals surface area (Å²) in [6.45, 7) is 1.83. The van der Waals surface area contributed by atoms with Gasteiger partial charge in [-0.15, -0.1) is 0 Å². The number of aromatic nitrogens is 1. The molecule has 0 saturated heterocycles. The number of fused-ring (bicyclic) bond motifs is 1. The highest BCUT2D eigenvalue weighted by Crippen LogP contribution is 2.30. The summed E-state index contributed by atoms with van der Waals surface area (Å²) < 4.78 is 0. The molecule has 0 aliphatic carbocycles. The van der Waals surface area contributed by atoms with Gasteiger partial charge in [0.1, 0.15) is 0 Å². The monoisotopic (exact) mass is 211 g/mol. The molecule has 3 nitrogen and oxygen atoms in total. The highest BCUT2D eigenvalue weighted by molar-refractivity contribution is 5.59. The van der Waals surface area contributed by atoms with Gasteiger partial charge in [-0.1, -0.05) is 12.1 Å². The lowest BCUT2D eigenvalue weighted by molar-refractivity contribution is 0.879. The fourth-order valence-electron chi connectivity index (χ4n) is 2.19. The topological polar surface area (TPSA) is 42.1 Å². The first kappa shape index (κ1) is 9.21. The molecule has 1 aromatic heterocycles. The summed E-state index contributed by atoms with van der Waals surface area (Å²) in [4.78, 5) is 6.34. The molecule has 2 heterocycles. The summed E-state index contributed by atoms with van der Waals surface area (Å²) in [6.07, 6.45) is 3.64. The van der Waals surface area contributed by atoms with Crippen molar-refractivity contribution in [3.8, 4) is 0 Å². The normalized spacial score (nSPS) is 13.9. The average molecular weight is 211 g/mol. The van der Waals surface area contributed by atoms with Crippen LogP contribution in [0, 0.1) is 0 Å². The highest BCUT2D eigenvalue weighted by Gasteiger charge is 2.20. The Balaban J connectivity index is 1.94. The molecule has 3 rings (SSSR count). The lowest BCUT2D eigenvalue weighted by Gasteiger charge is -2.16. The molecule has 0 spiro atoms. The predicted octanol–water partition coefficient (Wildman–Crippen LogP) is 2.18. The summed E-state index contributed by atoms with van der Waals surface area (Å²) >= 11 is 0. The van der Waals surface area contributed by atoms with Gasteiger partial charge in [0.2, 0.25) is 0 Å². The van der Waals surface area contributed by atoms with E-state index < -0.39 is 0 Å². The van der Waals surface area contributed by atoms with Crippen molar-refractivity contribution in [2.75, 3.05) is 10.6 Å². The van der Waals surface area contributed by atoms with Crippen molar-refractivity contribution in [3.05, 3.63) is 53.9 Å². The molecule has 3 heteroatoms. The van der Waals surface area contributed by atoms with Crippen LogP contribution in [-0.2, 0) is 13.1 Å². The summed E-state index contributed by atoms with van der Waals surface area (Å²) in [6, 6.07) is 10.2. The largest absolute Gasteiger partial charge is 0.398 e. The number of nitrogens with two attached hydrogens (primary N) is 1. The third kappa shape index (κ3) is 1.41. The number of rotatable bonds is 1. The number of anilines is 2. The molecule has 0 unspecified atom stereocenters. The zero-order chi connectivity index (χ0) is 11.0. The van der Waals surface area contributed by atoms with E-state index in [1.165, 1.54) is 16.8 Å². The Morgan fingerprint density at radius 2 is 1.88 bits per heavy atom. The fourth-order valence-corrected chi connectivity index (χ4v) is 2.19. The second kappa shape index (κ2) is 3.52. The van der Waals surface area contributed by atoms with Gasteiger partial charge in [-0.05, 0) is 29.3 Å². The lowest BCUT2D eigenvalue weighted by Crippen LogP contribution is -2.14. The smallest absolute Gasteiger partial charge is 0.0457 e. The molecule has 0 atom stereocenters. The van der Waals surface area contributed by atoms with E-state index in [1.807, 2.05) is 36.7 Å². The Kier molecular flexibility index (Phi) is 2.03.